The summed E-state index contributed by atoms with van der Waals surface area (Å²) in [6.07, 6.45) is 5.54. The van der Waals surface area contributed by atoms with E-state index in [0.717, 1.165) is 44.3 Å². The van der Waals surface area contributed by atoms with Gasteiger partial charge in [0.1, 0.15) is 5.54 Å². The van der Waals surface area contributed by atoms with E-state index in [0.29, 0.717) is 23.1 Å². The van der Waals surface area contributed by atoms with Gasteiger partial charge in [-0.05, 0) is 50.4 Å². The zero-order chi connectivity index (χ0) is 17.9. The van der Waals surface area contributed by atoms with Gasteiger partial charge >= 0.3 is 0 Å². The highest BCUT2D eigenvalue weighted by molar-refractivity contribution is 7.80. The van der Waals surface area contributed by atoms with E-state index < -0.39 is 5.54 Å². The third-order valence-corrected chi connectivity index (χ3v) is 6.10. The van der Waals surface area contributed by atoms with Crippen LogP contribution in [0.1, 0.15) is 44.1 Å². The van der Waals surface area contributed by atoms with Gasteiger partial charge in [0, 0.05) is 37.2 Å². The van der Waals surface area contributed by atoms with Crippen LogP contribution < -0.4 is 5.32 Å². The largest absolute Gasteiger partial charge is 0.376 e. The van der Waals surface area contributed by atoms with Crippen molar-refractivity contribution in [3.8, 4) is 0 Å². The Kier molecular flexibility index (Phi) is 5.97. The minimum absolute atomic E-state index is 0.190. The number of ketones is 1. The maximum Gasteiger partial charge on any atom is 0.169 e. The SMILES string of the molecule is CN(C(=S)NC[C@@H]1CCCO1)[C@@]1(c2ccccc2Cl)CCCCC1=O. The molecule has 2 fully saturated rings. The predicted octanol–water partition coefficient (Wildman–Crippen LogP) is 3.66. The molecule has 0 amide bonds. The van der Waals surface area contributed by atoms with Crippen LogP contribution in [0.2, 0.25) is 5.02 Å². The van der Waals surface area contributed by atoms with E-state index in [4.69, 9.17) is 28.6 Å². The second-order valence-electron chi connectivity index (χ2n) is 6.85. The fraction of sp³-hybridized carbons (Fsp3) is 0.579. The summed E-state index contributed by atoms with van der Waals surface area (Å²) in [5, 5.41) is 4.49. The van der Waals surface area contributed by atoms with Crippen LogP contribution in [-0.4, -0.2) is 42.1 Å². The Morgan fingerprint density at radius 1 is 1.40 bits per heavy atom. The number of benzene rings is 1. The van der Waals surface area contributed by atoms with E-state index in [2.05, 4.69) is 5.32 Å². The second-order valence-corrected chi connectivity index (χ2v) is 7.64. The molecule has 1 N–H and O–H groups in total. The maximum absolute atomic E-state index is 13.1. The second kappa shape index (κ2) is 8.02. The van der Waals surface area contributed by atoms with Crippen molar-refractivity contribution < 1.29 is 9.53 Å². The molecule has 1 saturated heterocycles. The average Bonchev–Trinajstić information content (AvgIpc) is 3.14. The first-order chi connectivity index (χ1) is 12.1. The van der Waals surface area contributed by atoms with Gasteiger partial charge in [0.15, 0.2) is 10.9 Å². The van der Waals surface area contributed by atoms with Gasteiger partial charge in [-0.25, -0.2) is 0 Å². The van der Waals surface area contributed by atoms with Gasteiger partial charge in [-0.1, -0.05) is 29.8 Å². The highest BCUT2D eigenvalue weighted by Gasteiger charge is 2.47. The van der Waals surface area contributed by atoms with Crippen LogP contribution in [0.15, 0.2) is 24.3 Å². The Balaban J connectivity index is 1.85. The van der Waals surface area contributed by atoms with E-state index in [-0.39, 0.29) is 11.9 Å². The minimum atomic E-state index is -0.781. The number of hydrogen-bond donors (Lipinski definition) is 1. The highest BCUT2D eigenvalue weighted by Crippen LogP contribution is 2.42. The number of carbonyl (C=O) groups excluding carboxylic acids is 1. The Hall–Kier alpha value is -1.17. The van der Waals surface area contributed by atoms with Crippen LogP contribution in [-0.2, 0) is 15.1 Å². The summed E-state index contributed by atoms with van der Waals surface area (Å²) in [5.41, 5.74) is 0.0714. The third-order valence-electron chi connectivity index (χ3n) is 5.36. The average molecular weight is 381 g/mol. The highest BCUT2D eigenvalue weighted by atomic mass is 35.5. The van der Waals surface area contributed by atoms with Crippen molar-refractivity contribution >= 4 is 34.7 Å². The van der Waals surface area contributed by atoms with Gasteiger partial charge in [-0.2, -0.15) is 0 Å². The van der Waals surface area contributed by atoms with Crippen molar-refractivity contribution in [2.45, 2.75) is 50.2 Å². The van der Waals surface area contributed by atoms with Crippen molar-refractivity contribution in [3.63, 3.8) is 0 Å². The molecule has 2 atom stereocenters. The van der Waals surface area contributed by atoms with E-state index in [1.165, 1.54) is 0 Å². The summed E-state index contributed by atoms with van der Waals surface area (Å²) in [6, 6.07) is 7.62. The lowest BCUT2D eigenvalue weighted by atomic mass is 9.74. The smallest absolute Gasteiger partial charge is 0.169 e. The molecule has 6 heteroatoms. The fourth-order valence-electron chi connectivity index (χ4n) is 3.93. The number of ether oxygens (including phenoxy) is 1. The molecule has 1 aliphatic carbocycles. The molecule has 2 aliphatic rings. The first kappa shape index (κ1) is 18.6. The number of hydrogen-bond acceptors (Lipinski definition) is 3. The molecule has 1 aliphatic heterocycles. The lowest BCUT2D eigenvalue weighted by Crippen LogP contribution is -2.57. The summed E-state index contributed by atoms with van der Waals surface area (Å²) in [4.78, 5) is 15.0. The van der Waals surface area contributed by atoms with Crippen LogP contribution in [0.5, 0.6) is 0 Å². The molecule has 3 rings (SSSR count). The van der Waals surface area contributed by atoms with Gasteiger partial charge in [0.2, 0.25) is 0 Å². The van der Waals surface area contributed by atoms with E-state index in [1.807, 2.05) is 36.2 Å². The number of carbonyl (C=O) groups is 1. The van der Waals surface area contributed by atoms with Gasteiger partial charge in [-0.15, -0.1) is 0 Å². The summed E-state index contributed by atoms with van der Waals surface area (Å²) in [6.45, 7) is 1.49. The molecule has 0 spiro atoms. The molecule has 0 bridgehead atoms. The molecule has 1 heterocycles. The van der Waals surface area contributed by atoms with Crippen LogP contribution >= 0.6 is 23.8 Å². The maximum atomic E-state index is 13.1. The number of thiocarbonyl (C=S) groups is 1. The first-order valence-corrected chi connectivity index (χ1v) is 9.76. The molecular formula is C19H25ClN2O2S. The summed E-state index contributed by atoms with van der Waals surface area (Å²) in [7, 11) is 1.90. The van der Waals surface area contributed by atoms with Crippen LogP contribution in [0.25, 0.3) is 0 Å². The van der Waals surface area contributed by atoms with Gasteiger partial charge in [-0.3, -0.25) is 4.79 Å². The van der Waals surface area contributed by atoms with E-state index in [1.54, 1.807) is 0 Å². The van der Waals surface area contributed by atoms with Crippen molar-refractivity contribution in [1.82, 2.24) is 10.2 Å². The summed E-state index contributed by atoms with van der Waals surface area (Å²) < 4.78 is 5.65. The number of nitrogens with one attached hydrogen (secondary N) is 1. The molecule has 1 aromatic carbocycles. The molecule has 0 unspecified atom stereocenters. The quantitative estimate of drug-likeness (QED) is 0.807. The monoisotopic (exact) mass is 380 g/mol. The first-order valence-electron chi connectivity index (χ1n) is 8.97. The summed E-state index contributed by atoms with van der Waals surface area (Å²) >= 11 is 12.1. The third kappa shape index (κ3) is 3.69. The van der Waals surface area contributed by atoms with E-state index >= 15 is 0 Å². The zero-order valence-electron chi connectivity index (χ0n) is 14.6. The lowest BCUT2D eigenvalue weighted by molar-refractivity contribution is -0.131. The number of likely N-dealkylation sites (N-methyl/N-ethyl adjacent to an activating group) is 1. The molecule has 0 radical (unpaired) electrons. The number of Topliss-reactive ketones (excluding diaryl/α,β-unsaturated/α-hetero) is 1. The van der Waals surface area contributed by atoms with Crippen LogP contribution in [0.4, 0.5) is 0 Å². The normalized spacial score (nSPS) is 26.5. The van der Waals surface area contributed by atoms with Crippen LogP contribution in [0.3, 0.4) is 0 Å². The van der Waals surface area contributed by atoms with Gasteiger partial charge in [0.25, 0.3) is 0 Å². The molecule has 0 aromatic heterocycles. The lowest BCUT2D eigenvalue weighted by Gasteiger charge is -2.45. The number of nitrogens with zero attached hydrogens (tertiary/aromatic N) is 1. The zero-order valence-corrected chi connectivity index (χ0v) is 16.2. The topological polar surface area (TPSA) is 41.6 Å². The van der Waals surface area contributed by atoms with Crippen molar-refractivity contribution in [2.24, 2.45) is 0 Å². The van der Waals surface area contributed by atoms with Crippen molar-refractivity contribution in [2.75, 3.05) is 20.2 Å². The van der Waals surface area contributed by atoms with Gasteiger partial charge < -0.3 is 15.0 Å². The molecule has 1 aromatic rings. The molecule has 136 valence electrons. The Labute approximate surface area is 159 Å². The number of rotatable bonds is 4. The predicted molar refractivity (Wildman–Crippen MR) is 104 cm³/mol. The standard InChI is InChI=1S/C19H25ClN2O2S/c1-22(18(25)21-13-14-7-6-12-24-14)19(11-5-4-10-17(19)23)15-8-2-3-9-16(15)20/h2-3,8-9,14H,4-7,10-13H2,1H3,(H,21,25)/t14-,19+/m0/s1. The molecule has 1 saturated carbocycles. The van der Waals surface area contributed by atoms with Crippen molar-refractivity contribution in [3.05, 3.63) is 34.9 Å². The Bertz CT molecular complexity index is 648. The fourth-order valence-corrected chi connectivity index (χ4v) is 4.46. The van der Waals surface area contributed by atoms with E-state index in [9.17, 15) is 4.79 Å². The summed E-state index contributed by atoms with van der Waals surface area (Å²) in [5.74, 6) is 0.190. The van der Waals surface area contributed by atoms with Crippen LogP contribution in [0, 0.1) is 0 Å². The van der Waals surface area contributed by atoms with Gasteiger partial charge in [0.05, 0.1) is 6.10 Å². The molecule has 4 nitrogen and oxygen atoms in total. The Morgan fingerprint density at radius 3 is 2.88 bits per heavy atom. The number of halogens is 1. The molecule has 25 heavy (non-hydrogen) atoms. The van der Waals surface area contributed by atoms with Crippen molar-refractivity contribution in [1.29, 1.82) is 0 Å². The molecular weight excluding hydrogens is 356 g/mol. The minimum Gasteiger partial charge on any atom is -0.376 e. The Morgan fingerprint density at radius 2 is 2.20 bits per heavy atom.